The molecule has 1 fully saturated rings. The van der Waals surface area contributed by atoms with Gasteiger partial charge in [-0.1, -0.05) is 23.7 Å². The summed E-state index contributed by atoms with van der Waals surface area (Å²) in [5, 5.41) is 0.257. The van der Waals surface area contributed by atoms with Crippen molar-refractivity contribution in [3.8, 4) is 0 Å². The molecule has 0 aromatic heterocycles. The fourth-order valence-electron chi connectivity index (χ4n) is 2.42. The van der Waals surface area contributed by atoms with Crippen molar-refractivity contribution in [1.82, 2.24) is 0 Å². The number of rotatable bonds is 2. The van der Waals surface area contributed by atoms with Crippen molar-refractivity contribution in [2.45, 2.75) is 11.6 Å². The lowest BCUT2D eigenvalue weighted by molar-refractivity contribution is -0.137. The van der Waals surface area contributed by atoms with Crippen LogP contribution in [-0.4, -0.2) is 11.7 Å². The molecule has 0 N–H and O–H groups in total. The van der Waals surface area contributed by atoms with E-state index in [2.05, 4.69) is 0 Å². The van der Waals surface area contributed by atoms with Gasteiger partial charge in [0.1, 0.15) is 5.37 Å². The zero-order valence-corrected chi connectivity index (χ0v) is 13.3. The van der Waals surface area contributed by atoms with Crippen LogP contribution in [-0.2, 0) is 11.0 Å². The van der Waals surface area contributed by atoms with E-state index in [0.717, 1.165) is 17.7 Å². The molecule has 3 rings (SSSR count). The zero-order valence-electron chi connectivity index (χ0n) is 11.7. The summed E-state index contributed by atoms with van der Waals surface area (Å²) < 4.78 is 38.0. The van der Waals surface area contributed by atoms with E-state index in [4.69, 9.17) is 11.6 Å². The maximum atomic E-state index is 12.7. The number of carbonyl (C=O) groups excluding carboxylic acids is 1. The van der Waals surface area contributed by atoms with Gasteiger partial charge in [0.25, 0.3) is 0 Å². The molecule has 2 aromatic carbocycles. The van der Waals surface area contributed by atoms with Crippen molar-refractivity contribution in [3.63, 3.8) is 0 Å². The van der Waals surface area contributed by atoms with Gasteiger partial charge in [-0.05, 0) is 42.0 Å². The molecule has 1 atom stereocenters. The predicted octanol–water partition coefficient (Wildman–Crippen LogP) is 5.14. The van der Waals surface area contributed by atoms with Crippen LogP contribution in [0.1, 0.15) is 16.5 Å². The Morgan fingerprint density at radius 3 is 2.43 bits per heavy atom. The first-order valence-electron chi connectivity index (χ1n) is 6.72. The van der Waals surface area contributed by atoms with Gasteiger partial charge in [-0.2, -0.15) is 13.2 Å². The lowest BCUT2D eigenvalue weighted by Gasteiger charge is -2.24. The normalized spacial score (nSPS) is 18.5. The van der Waals surface area contributed by atoms with Gasteiger partial charge in [-0.15, -0.1) is 11.8 Å². The van der Waals surface area contributed by atoms with Gasteiger partial charge >= 0.3 is 6.18 Å². The van der Waals surface area contributed by atoms with Crippen molar-refractivity contribution in [2.24, 2.45) is 0 Å². The Morgan fingerprint density at radius 2 is 1.83 bits per heavy atom. The fourth-order valence-corrected chi connectivity index (χ4v) is 3.79. The predicted molar refractivity (Wildman–Crippen MR) is 85.6 cm³/mol. The van der Waals surface area contributed by atoms with E-state index in [0.29, 0.717) is 10.7 Å². The number of benzene rings is 2. The third-order valence-electron chi connectivity index (χ3n) is 3.47. The topological polar surface area (TPSA) is 20.3 Å². The van der Waals surface area contributed by atoms with E-state index in [9.17, 15) is 18.0 Å². The van der Waals surface area contributed by atoms with Crippen molar-refractivity contribution < 1.29 is 18.0 Å². The minimum absolute atomic E-state index is 0.139. The summed E-state index contributed by atoms with van der Waals surface area (Å²) in [5.41, 5.74) is 0.547. The van der Waals surface area contributed by atoms with Crippen LogP contribution in [0.25, 0.3) is 0 Å². The highest BCUT2D eigenvalue weighted by Gasteiger charge is 2.35. The molecule has 0 bridgehead atoms. The Kier molecular flexibility index (Phi) is 4.29. The van der Waals surface area contributed by atoms with Crippen LogP contribution in [0.3, 0.4) is 0 Å². The molecule has 23 heavy (non-hydrogen) atoms. The molecule has 1 aliphatic rings. The monoisotopic (exact) mass is 357 g/mol. The van der Waals surface area contributed by atoms with E-state index in [1.165, 1.54) is 28.8 Å². The highest BCUT2D eigenvalue weighted by molar-refractivity contribution is 8.00. The van der Waals surface area contributed by atoms with Crippen LogP contribution in [0.2, 0.25) is 5.02 Å². The van der Waals surface area contributed by atoms with Crippen molar-refractivity contribution in [1.29, 1.82) is 0 Å². The Hall–Kier alpha value is -1.66. The molecule has 0 spiro atoms. The van der Waals surface area contributed by atoms with Crippen LogP contribution in [0.5, 0.6) is 0 Å². The first kappa shape index (κ1) is 16.2. The minimum atomic E-state index is -4.39. The van der Waals surface area contributed by atoms with Crippen LogP contribution in [0, 0.1) is 0 Å². The summed E-state index contributed by atoms with van der Waals surface area (Å²) in [6.07, 6.45) is -4.39. The van der Waals surface area contributed by atoms with Gasteiger partial charge < -0.3 is 0 Å². The van der Waals surface area contributed by atoms with Gasteiger partial charge in [-0.3, -0.25) is 9.69 Å². The average molecular weight is 358 g/mol. The molecule has 7 heteroatoms. The molecule has 120 valence electrons. The minimum Gasteiger partial charge on any atom is -0.295 e. The third-order valence-corrected chi connectivity index (χ3v) is 4.92. The number of amides is 1. The second kappa shape index (κ2) is 6.09. The maximum Gasteiger partial charge on any atom is 0.416 e. The number of hydrogen-bond donors (Lipinski definition) is 0. The van der Waals surface area contributed by atoms with Gasteiger partial charge in [0.15, 0.2) is 0 Å². The Morgan fingerprint density at radius 1 is 1.13 bits per heavy atom. The van der Waals surface area contributed by atoms with Crippen molar-refractivity contribution in [3.05, 3.63) is 64.7 Å². The van der Waals surface area contributed by atoms with Crippen LogP contribution < -0.4 is 4.90 Å². The zero-order chi connectivity index (χ0) is 16.6. The van der Waals surface area contributed by atoms with Gasteiger partial charge in [0.05, 0.1) is 11.3 Å². The second-order valence-corrected chi connectivity index (χ2v) is 6.53. The Labute approximate surface area is 140 Å². The summed E-state index contributed by atoms with van der Waals surface area (Å²) in [7, 11) is 0. The average Bonchev–Trinajstić information content (AvgIpc) is 2.88. The summed E-state index contributed by atoms with van der Waals surface area (Å²) in [6.45, 7) is 0. The maximum absolute atomic E-state index is 12.7. The highest BCUT2D eigenvalue weighted by atomic mass is 35.5. The lowest BCUT2D eigenvalue weighted by atomic mass is 10.1. The van der Waals surface area contributed by atoms with Crippen LogP contribution in [0.4, 0.5) is 18.9 Å². The third kappa shape index (κ3) is 3.33. The quantitative estimate of drug-likeness (QED) is 0.742. The molecule has 1 heterocycles. The summed E-state index contributed by atoms with van der Waals surface area (Å²) in [6, 6.07) is 11.7. The number of halogens is 4. The van der Waals surface area contributed by atoms with E-state index in [-0.39, 0.29) is 17.0 Å². The van der Waals surface area contributed by atoms with Gasteiger partial charge in [-0.25, -0.2) is 0 Å². The summed E-state index contributed by atoms with van der Waals surface area (Å²) in [4.78, 5) is 13.7. The number of nitrogens with zero attached hydrogens (tertiary/aromatic N) is 1. The molecule has 2 nitrogen and oxygen atoms in total. The molecule has 2 aromatic rings. The van der Waals surface area contributed by atoms with Crippen LogP contribution in [0.15, 0.2) is 48.5 Å². The standard InChI is InChI=1S/C16H11ClF3NOS/c17-12-3-1-2-10(8-12)15-21(14(22)9-23-15)13-6-4-11(5-7-13)16(18,19)20/h1-8,15H,9H2/t15-/m0/s1. The molecule has 1 aliphatic heterocycles. The second-order valence-electron chi connectivity index (χ2n) is 5.03. The molecule has 0 radical (unpaired) electrons. The largest absolute Gasteiger partial charge is 0.416 e. The van der Waals surface area contributed by atoms with E-state index in [1.807, 2.05) is 6.07 Å². The van der Waals surface area contributed by atoms with E-state index < -0.39 is 11.7 Å². The van der Waals surface area contributed by atoms with Crippen molar-refractivity contribution >= 4 is 35.0 Å². The van der Waals surface area contributed by atoms with Gasteiger partial charge in [0.2, 0.25) is 5.91 Å². The fraction of sp³-hybridized carbons (Fsp3) is 0.188. The highest BCUT2D eigenvalue weighted by Crippen LogP contribution is 2.42. The summed E-state index contributed by atoms with van der Waals surface area (Å²) >= 11 is 7.41. The molecule has 1 amide bonds. The number of carbonyl (C=O) groups is 1. The first-order chi connectivity index (χ1) is 10.9. The number of alkyl halides is 3. The molecule has 0 unspecified atom stereocenters. The molecular weight excluding hydrogens is 347 g/mol. The Balaban J connectivity index is 1.94. The van der Waals surface area contributed by atoms with E-state index >= 15 is 0 Å². The van der Waals surface area contributed by atoms with Crippen LogP contribution >= 0.6 is 23.4 Å². The molecule has 0 saturated carbocycles. The lowest BCUT2D eigenvalue weighted by Crippen LogP contribution is -2.27. The van der Waals surface area contributed by atoms with E-state index in [1.54, 1.807) is 18.2 Å². The SMILES string of the molecule is O=C1CS[C@@H](c2cccc(Cl)c2)N1c1ccc(C(F)(F)F)cc1. The number of hydrogen-bond acceptors (Lipinski definition) is 2. The van der Waals surface area contributed by atoms with Gasteiger partial charge in [0, 0.05) is 10.7 Å². The first-order valence-corrected chi connectivity index (χ1v) is 8.15. The number of thioether (sulfide) groups is 1. The smallest absolute Gasteiger partial charge is 0.295 e. The summed E-state index contributed by atoms with van der Waals surface area (Å²) in [5.74, 6) is 0.137. The molecule has 1 saturated heterocycles. The number of anilines is 1. The molecular formula is C16H11ClF3NOS. The Bertz CT molecular complexity index is 733. The van der Waals surface area contributed by atoms with Crippen molar-refractivity contribution in [2.75, 3.05) is 10.7 Å². The molecule has 0 aliphatic carbocycles.